The van der Waals surface area contributed by atoms with E-state index in [0.717, 1.165) is 28.8 Å². The molecule has 0 saturated heterocycles. The lowest BCUT2D eigenvalue weighted by Gasteiger charge is -2.29. The summed E-state index contributed by atoms with van der Waals surface area (Å²) in [5.74, 6) is 0.788. The van der Waals surface area contributed by atoms with E-state index in [1.165, 1.54) is 0 Å². The first kappa shape index (κ1) is 23.8. The lowest BCUT2D eigenvalue weighted by Crippen LogP contribution is -2.44. The van der Waals surface area contributed by atoms with Crippen LogP contribution in [0, 0.1) is 0 Å². The van der Waals surface area contributed by atoms with Crippen LogP contribution < -0.4 is 15.6 Å². The molecule has 3 rings (SSSR count). The van der Waals surface area contributed by atoms with Crippen LogP contribution in [0.4, 0.5) is 0 Å². The molecule has 0 radical (unpaired) electrons. The number of benzene rings is 2. The number of aromatic nitrogens is 1. The van der Waals surface area contributed by atoms with Gasteiger partial charge in [-0.15, -0.1) is 0 Å². The predicted molar refractivity (Wildman–Crippen MR) is 135 cm³/mol. The molecule has 3 aromatic rings. The smallest absolute Gasteiger partial charge is 0.253 e. The van der Waals surface area contributed by atoms with E-state index in [0.29, 0.717) is 30.4 Å². The molecule has 7 heteroatoms. The van der Waals surface area contributed by atoms with Gasteiger partial charge in [-0.25, -0.2) is 0 Å². The van der Waals surface area contributed by atoms with Gasteiger partial charge in [-0.05, 0) is 70.0 Å². The largest absolute Gasteiger partial charge is 0.494 e. The summed E-state index contributed by atoms with van der Waals surface area (Å²) in [4.78, 5) is 19.9. The first-order chi connectivity index (χ1) is 15.4. The normalized spacial score (nSPS) is 12.0. The number of likely N-dealkylation sites (N-methyl/N-ethyl adjacent to an activating group) is 1. The number of nitrogens with zero attached hydrogens (tertiary/aromatic N) is 2. The van der Waals surface area contributed by atoms with Crippen molar-refractivity contribution >= 4 is 28.2 Å². The fourth-order valence-electron chi connectivity index (χ4n) is 3.48. The van der Waals surface area contributed by atoms with E-state index in [-0.39, 0.29) is 11.6 Å². The van der Waals surface area contributed by atoms with Gasteiger partial charge in [-0.3, -0.25) is 4.79 Å². The van der Waals surface area contributed by atoms with Crippen LogP contribution in [-0.2, 0) is 6.54 Å². The van der Waals surface area contributed by atoms with Crippen LogP contribution in [0.1, 0.15) is 31.0 Å². The summed E-state index contributed by atoms with van der Waals surface area (Å²) < 4.78 is 5.62. The Morgan fingerprint density at radius 1 is 1.12 bits per heavy atom. The van der Waals surface area contributed by atoms with Crippen molar-refractivity contribution in [2.45, 2.75) is 26.4 Å². The second kappa shape index (κ2) is 11.1. The number of pyridine rings is 1. The van der Waals surface area contributed by atoms with Gasteiger partial charge < -0.3 is 24.8 Å². The van der Waals surface area contributed by atoms with E-state index in [9.17, 15) is 4.79 Å². The Bertz CT molecular complexity index is 1100. The van der Waals surface area contributed by atoms with E-state index in [1.807, 2.05) is 63.5 Å². The molecule has 1 atom stereocenters. The molecule has 0 fully saturated rings. The van der Waals surface area contributed by atoms with Crippen LogP contribution in [0.25, 0.3) is 10.9 Å². The van der Waals surface area contributed by atoms with Crippen molar-refractivity contribution in [3.63, 3.8) is 0 Å². The summed E-state index contributed by atoms with van der Waals surface area (Å²) in [7, 11) is 4.05. The van der Waals surface area contributed by atoms with Crippen molar-refractivity contribution in [2.24, 2.45) is 0 Å². The highest BCUT2D eigenvalue weighted by atomic mass is 32.1. The van der Waals surface area contributed by atoms with Crippen molar-refractivity contribution in [2.75, 3.05) is 33.8 Å². The summed E-state index contributed by atoms with van der Waals surface area (Å²) in [5, 5.41) is 5.00. The minimum atomic E-state index is -0.101. The van der Waals surface area contributed by atoms with Crippen LogP contribution in [0.3, 0.4) is 0 Å². The average Bonchev–Trinajstić information content (AvgIpc) is 2.77. The standard InChI is InChI=1S/C25H32N4O2S/c1-5-31-22-11-12-23-20(16-22)15-21(24(30)27-23)17-29(14-13-28(3)4)25(32)26-18(2)19-9-7-6-8-10-19/h6-12,15-16,18H,5,13-14,17H2,1-4H3,(H,26,32)(H,27,30). The molecule has 0 bridgehead atoms. The SMILES string of the molecule is CCOc1ccc2[nH]c(=O)c(CN(CCN(C)C)C(=S)NC(C)c3ccccc3)cc2c1. The van der Waals surface area contributed by atoms with Crippen LogP contribution in [0.15, 0.2) is 59.4 Å². The second-order valence-corrected chi connectivity index (χ2v) is 8.50. The molecule has 2 N–H and O–H groups in total. The molecule has 1 aromatic heterocycles. The van der Waals surface area contributed by atoms with Crippen molar-refractivity contribution in [3.05, 3.63) is 76.1 Å². The van der Waals surface area contributed by atoms with Crippen LogP contribution in [0.5, 0.6) is 5.75 Å². The van der Waals surface area contributed by atoms with Crippen molar-refractivity contribution < 1.29 is 4.74 Å². The Morgan fingerprint density at radius 2 is 1.88 bits per heavy atom. The summed E-state index contributed by atoms with van der Waals surface area (Å²) in [6.07, 6.45) is 0. The highest BCUT2D eigenvalue weighted by Crippen LogP contribution is 2.20. The fraction of sp³-hybridized carbons (Fsp3) is 0.360. The highest BCUT2D eigenvalue weighted by Gasteiger charge is 2.16. The first-order valence-corrected chi connectivity index (χ1v) is 11.3. The molecule has 1 unspecified atom stereocenters. The maximum Gasteiger partial charge on any atom is 0.253 e. The molecule has 0 spiro atoms. The van der Waals surface area contributed by atoms with E-state index in [4.69, 9.17) is 17.0 Å². The summed E-state index contributed by atoms with van der Waals surface area (Å²) in [6.45, 7) is 6.59. The monoisotopic (exact) mass is 452 g/mol. The summed E-state index contributed by atoms with van der Waals surface area (Å²) in [6, 6.07) is 17.9. The van der Waals surface area contributed by atoms with E-state index in [2.05, 4.69) is 39.2 Å². The van der Waals surface area contributed by atoms with E-state index >= 15 is 0 Å². The number of ether oxygens (including phenoxy) is 1. The minimum absolute atomic E-state index is 0.0641. The Morgan fingerprint density at radius 3 is 2.56 bits per heavy atom. The van der Waals surface area contributed by atoms with Crippen molar-refractivity contribution in [1.82, 2.24) is 20.1 Å². The molecule has 6 nitrogen and oxygen atoms in total. The summed E-state index contributed by atoms with van der Waals surface area (Å²) >= 11 is 5.76. The molecular weight excluding hydrogens is 420 g/mol. The quantitative estimate of drug-likeness (QED) is 0.480. The van der Waals surface area contributed by atoms with Gasteiger partial charge >= 0.3 is 0 Å². The third-order valence-corrected chi connectivity index (χ3v) is 5.68. The number of aromatic amines is 1. The molecule has 170 valence electrons. The third-order valence-electron chi connectivity index (χ3n) is 5.31. The van der Waals surface area contributed by atoms with Gasteiger partial charge in [0.05, 0.1) is 19.2 Å². The van der Waals surface area contributed by atoms with E-state index < -0.39 is 0 Å². The Hall–Kier alpha value is -2.90. The van der Waals surface area contributed by atoms with Crippen molar-refractivity contribution in [3.8, 4) is 5.75 Å². The van der Waals surface area contributed by atoms with Crippen LogP contribution in [-0.4, -0.2) is 53.7 Å². The van der Waals surface area contributed by atoms with Gasteiger partial charge in [0, 0.05) is 29.6 Å². The number of hydrogen-bond donors (Lipinski definition) is 2. The molecule has 32 heavy (non-hydrogen) atoms. The fourth-order valence-corrected chi connectivity index (χ4v) is 3.82. The molecule has 0 saturated carbocycles. The number of fused-ring (bicyclic) bond motifs is 1. The second-order valence-electron chi connectivity index (χ2n) is 8.11. The Balaban J connectivity index is 1.83. The maximum absolute atomic E-state index is 12.8. The number of hydrogen-bond acceptors (Lipinski definition) is 4. The Kier molecular flexibility index (Phi) is 8.25. The van der Waals surface area contributed by atoms with Gasteiger partial charge in [0.2, 0.25) is 0 Å². The molecule has 0 aliphatic rings. The van der Waals surface area contributed by atoms with Gasteiger partial charge in [0.1, 0.15) is 5.75 Å². The maximum atomic E-state index is 12.8. The summed E-state index contributed by atoms with van der Waals surface area (Å²) in [5.41, 5.74) is 2.52. The minimum Gasteiger partial charge on any atom is -0.494 e. The first-order valence-electron chi connectivity index (χ1n) is 10.9. The lowest BCUT2D eigenvalue weighted by molar-refractivity contribution is 0.320. The van der Waals surface area contributed by atoms with Crippen LogP contribution >= 0.6 is 12.2 Å². The molecule has 0 amide bonds. The average molecular weight is 453 g/mol. The van der Waals surface area contributed by atoms with E-state index in [1.54, 1.807) is 0 Å². The Labute approximate surface area is 195 Å². The van der Waals surface area contributed by atoms with Gasteiger partial charge in [-0.2, -0.15) is 0 Å². The number of rotatable bonds is 9. The zero-order valence-corrected chi connectivity index (χ0v) is 20.0. The number of H-pyrrole nitrogens is 1. The molecular formula is C25H32N4O2S. The third kappa shape index (κ3) is 6.31. The zero-order valence-electron chi connectivity index (χ0n) is 19.2. The number of nitrogens with one attached hydrogen (secondary N) is 2. The van der Waals surface area contributed by atoms with Gasteiger partial charge in [-0.1, -0.05) is 30.3 Å². The molecule has 0 aliphatic heterocycles. The predicted octanol–water partition coefficient (Wildman–Crippen LogP) is 3.93. The van der Waals surface area contributed by atoms with Crippen molar-refractivity contribution in [1.29, 1.82) is 0 Å². The topological polar surface area (TPSA) is 60.6 Å². The zero-order chi connectivity index (χ0) is 23.1. The van der Waals surface area contributed by atoms with Gasteiger partial charge in [0.15, 0.2) is 5.11 Å². The van der Waals surface area contributed by atoms with Crippen LogP contribution in [0.2, 0.25) is 0 Å². The highest BCUT2D eigenvalue weighted by molar-refractivity contribution is 7.80. The molecule has 1 heterocycles. The molecule has 0 aliphatic carbocycles. The number of thiocarbonyl (C=S) groups is 1. The van der Waals surface area contributed by atoms with Gasteiger partial charge in [0.25, 0.3) is 5.56 Å². The lowest BCUT2D eigenvalue weighted by atomic mass is 10.1. The molecule has 2 aromatic carbocycles.